The second-order valence-electron chi connectivity index (χ2n) is 5.92. The fourth-order valence-corrected chi connectivity index (χ4v) is 3.10. The summed E-state index contributed by atoms with van der Waals surface area (Å²) in [6.45, 7) is 0. The maximum absolute atomic E-state index is 6.24. The first-order valence-corrected chi connectivity index (χ1v) is 8.50. The number of aromatic nitrogens is 2. The molecule has 4 N–H and O–H groups in total. The van der Waals surface area contributed by atoms with Crippen molar-refractivity contribution < 1.29 is 0 Å². The molecule has 0 bridgehead atoms. The van der Waals surface area contributed by atoms with Gasteiger partial charge in [0, 0.05) is 6.04 Å². The maximum Gasteiger partial charge on any atom is 0.159 e. The fraction of sp³-hybridized carbons (Fsp3) is 0.412. The van der Waals surface area contributed by atoms with Gasteiger partial charge in [-0.3, -0.25) is 0 Å². The number of para-hydroxylation sites is 1. The summed E-state index contributed by atoms with van der Waals surface area (Å²) >= 11 is 6.18. The van der Waals surface area contributed by atoms with E-state index in [0.29, 0.717) is 28.4 Å². The summed E-state index contributed by atoms with van der Waals surface area (Å²) in [6.07, 6.45) is 9.00. The van der Waals surface area contributed by atoms with Crippen LogP contribution in [0.3, 0.4) is 0 Å². The average molecular weight is 332 g/mol. The molecular formula is C17H22ClN5. The Bertz CT molecular complexity index is 653. The van der Waals surface area contributed by atoms with E-state index in [2.05, 4.69) is 20.6 Å². The van der Waals surface area contributed by atoms with Gasteiger partial charge in [-0.05, 0) is 25.0 Å². The van der Waals surface area contributed by atoms with Gasteiger partial charge in [0.05, 0.1) is 10.7 Å². The minimum atomic E-state index is 0.433. The lowest BCUT2D eigenvalue weighted by Gasteiger charge is -2.19. The van der Waals surface area contributed by atoms with E-state index in [1.807, 2.05) is 24.3 Å². The van der Waals surface area contributed by atoms with E-state index in [-0.39, 0.29) is 0 Å². The Kier molecular flexibility index (Phi) is 5.18. The Balaban J connectivity index is 1.76. The standard InChI is InChI=1S/C17H22ClN5/c18-13-9-5-6-10-14(13)23-17-15(19)16(20-11-21-17)22-12-7-3-1-2-4-8-12/h5-6,9-12H,1-4,7-8,19H2,(H2,20,21,22,23). The minimum Gasteiger partial charge on any atom is -0.393 e. The number of halogens is 1. The molecule has 0 unspecified atom stereocenters. The Labute approximate surface area is 141 Å². The first-order chi connectivity index (χ1) is 11.2. The van der Waals surface area contributed by atoms with Gasteiger partial charge in [-0.2, -0.15) is 0 Å². The van der Waals surface area contributed by atoms with Gasteiger partial charge in [0.25, 0.3) is 0 Å². The van der Waals surface area contributed by atoms with Crippen molar-refractivity contribution in [2.45, 2.75) is 44.6 Å². The monoisotopic (exact) mass is 331 g/mol. The molecule has 122 valence electrons. The molecule has 0 radical (unpaired) electrons. The van der Waals surface area contributed by atoms with Crippen molar-refractivity contribution in [2.24, 2.45) is 0 Å². The summed E-state index contributed by atoms with van der Waals surface area (Å²) in [5, 5.41) is 7.29. The molecule has 0 saturated heterocycles. The van der Waals surface area contributed by atoms with Crippen molar-refractivity contribution in [1.82, 2.24) is 9.97 Å². The van der Waals surface area contributed by atoms with Crippen molar-refractivity contribution in [1.29, 1.82) is 0 Å². The van der Waals surface area contributed by atoms with E-state index in [4.69, 9.17) is 17.3 Å². The molecule has 1 aromatic carbocycles. The Hall–Kier alpha value is -2.01. The van der Waals surface area contributed by atoms with Crippen LogP contribution in [0.1, 0.15) is 38.5 Å². The lowest BCUT2D eigenvalue weighted by molar-refractivity contribution is 0.618. The molecule has 3 rings (SSSR count). The number of hydrogen-bond donors (Lipinski definition) is 3. The van der Waals surface area contributed by atoms with Crippen LogP contribution in [0.5, 0.6) is 0 Å². The van der Waals surface area contributed by atoms with Crippen molar-refractivity contribution in [2.75, 3.05) is 16.4 Å². The number of anilines is 4. The summed E-state index contributed by atoms with van der Waals surface area (Å²) in [5.74, 6) is 1.27. The molecule has 23 heavy (non-hydrogen) atoms. The van der Waals surface area contributed by atoms with E-state index in [1.54, 1.807) is 0 Å². The smallest absolute Gasteiger partial charge is 0.159 e. The van der Waals surface area contributed by atoms with Gasteiger partial charge in [-0.1, -0.05) is 49.4 Å². The van der Waals surface area contributed by atoms with Gasteiger partial charge in [0.1, 0.15) is 12.0 Å². The van der Waals surface area contributed by atoms with Crippen LogP contribution in [0.4, 0.5) is 23.0 Å². The average Bonchev–Trinajstić information content (AvgIpc) is 2.82. The first kappa shape index (κ1) is 15.9. The SMILES string of the molecule is Nc1c(Nc2ccccc2Cl)ncnc1NC1CCCCCC1. The van der Waals surface area contributed by atoms with E-state index in [9.17, 15) is 0 Å². The number of nitrogens with one attached hydrogen (secondary N) is 2. The molecule has 5 nitrogen and oxygen atoms in total. The van der Waals surface area contributed by atoms with Crippen LogP contribution in [0.15, 0.2) is 30.6 Å². The van der Waals surface area contributed by atoms with E-state index < -0.39 is 0 Å². The highest BCUT2D eigenvalue weighted by Gasteiger charge is 2.16. The highest BCUT2D eigenvalue weighted by molar-refractivity contribution is 6.33. The Morgan fingerprint density at radius 2 is 1.70 bits per heavy atom. The first-order valence-electron chi connectivity index (χ1n) is 8.12. The van der Waals surface area contributed by atoms with Crippen molar-refractivity contribution in [3.8, 4) is 0 Å². The van der Waals surface area contributed by atoms with Gasteiger partial charge in [0.2, 0.25) is 0 Å². The van der Waals surface area contributed by atoms with Gasteiger partial charge < -0.3 is 16.4 Å². The normalized spacial score (nSPS) is 15.9. The molecule has 1 fully saturated rings. The molecule has 0 atom stereocenters. The number of benzene rings is 1. The third-order valence-corrected chi connectivity index (χ3v) is 4.54. The van der Waals surface area contributed by atoms with Crippen LogP contribution in [0.25, 0.3) is 0 Å². The molecule has 0 aliphatic heterocycles. The van der Waals surface area contributed by atoms with Crippen molar-refractivity contribution in [3.63, 3.8) is 0 Å². The maximum atomic E-state index is 6.24. The van der Waals surface area contributed by atoms with E-state index in [0.717, 1.165) is 18.5 Å². The Morgan fingerprint density at radius 1 is 1.00 bits per heavy atom. The molecule has 0 spiro atoms. The van der Waals surface area contributed by atoms with Crippen LogP contribution in [0.2, 0.25) is 5.02 Å². The summed E-state index contributed by atoms with van der Waals surface area (Å²) < 4.78 is 0. The van der Waals surface area contributed by atoms with Crippen LogP contribution in [0, 0.1) is 0 Å². The van der Waals surface area contributed by atoms with Gasteiger partial charge in [-0.25, -0.2) is 9.97 Å². The third kappa shape index (κ3) is 4.05. The zero-order valence-corrected chi connectivity index (χ0v) is 13.8. The van der Waals surface area contributed by atoms with Crippen LogP contribution in [-0.2, 0) is 0 Å². The van der Waals surface area contributed by atoms with Gasteiger partial charge in [-0.15, -0.1) is 0 Å². The van der Waals surface area contributed by atoms with E-state index >= 15 is 0 Å². The summed E-state index contributed by atoms with van der Waals surface area (Å²) in [7, 11) is 0. The second-order valence-corrected chi connectivity index (χ2v) is 6.33. The minimum absolute atomic E-state index is 0.433. The van der Waals surface area contributed by atoms with Gasteiger partial charge >= 0.3 is 0 Å². The number of rotatable bonds is 4. The lowest BCUT2D eigenvalue weighted by Crippen LogP contribution is -2.20. The lowest BCUT2D eigenvalue weighted by atomic mass is 10.1. The molecule has 2 aromatic rings. The predicted molar refractivity (Wildman–Crippen MR) is 96.3 cm³/mol. The zero-order chi connectivity index (χ0) is 16.1. The molecule has 1 aromatic heterocycles. The number of nitrogen functional groups attached to an aromatic ring is 1. The molecule has 6 heteroatoms. The summed E-state index contributed by atoms with van der Waals surface area (Å²) in [6, 6.07) is 7.95. The van der Waals surface area contributed by atoms with Crippen LogP contribution < -0.4 is 16.4 Å². The summed E-state index contributed by atoms with van der Waals surface area (Å²) in [4.78, 5) is 8.55. The predicted octanol–water partition coefficient (Wildman–Crippen LogP) is 4.59. The quantitative estimate of drug-likeness (QED) is 0.714. The fourth-order valence-electron chi connectivity index (χ4n) is 2.92. The molecule has 1 saturated carbocycles. The molecule has 0 amide bonds. The number of nitrogens with two attached hydrogens (primary N) is 1. The highest BCUT2D eigenvalue weighted by Crippen LogP contribution is 2.30. The van der Waals surface area contributed by atoms with Crippen molar-refractivity contribution in [3.05, 3.63) is 35.6 Å². The van der Waals surface area contributed by atoms with E-state index in [1.165, 1.54) is 32.0 Å². The molecule has 1 aliphatic carbocycles. The van der Waals surface area contributed by atoms with Crippen LogP contribution in [-0.4, -0.2) is 16.0 Å². The topological polar surface area (TPSA) is 75.9 Å². The molecule has 1 heterocycles. The number of hydrogen-bond acceptors (Lipinski definition) is 5. The molecular weight excluding hydrogens is 310 g/mol. The van der Waals surface area contributed by atoms with Crippen molar-refractivity contribution >= 4 is 34.6 Å². The molecule has 1 aliphatic rings. The second kappa shape index (κ2) is 7.51. The largest absolute Gasteiger partial charge is 0.393 e. The third-order valence-electron chi connectivity index (χ3n) is 4.21. The zero-order valence-electron chi connectivity index (χ0n) is 13.1. The van der Waals surface area contributed by atoms with Gasteiger partial charge in [0.15, 0.2) is 11.6 Å². The Morgan fingerprint density at radius 3 is 2.43 bits per heavy atom. The van der Waals surface area contributed by atoms with Crippen LogP contribution >= 0.6 is 11.6 Å². The number of nitrogens with zero attached hydrogens (tertiary/aromatic N) is 2. The summed E-state index contributed by atoms with van der Waals surface area (Å²) in [5.41, 5.74) is 7.55. The highest BCUT2D eigenvalue weighted by atomic mass is 35.5.